The SMILES string of the molecule is COc1ccc(C(=O)NCC(c2cccc(OC)c2)N2CCCCC2)cc1. The third-order valence-electron chi connectivity index (χ3n) is 5.12. The van der Waals surface area contributed by atoms with E-state index in [1.807, 2.05) is 12.1 Å². The lowest BCUT2D eigenvalue weighted by Crippen LogP contribution is -2.40. The molecule has 1 unspecified atom stereocenters. The van der Waals surface area contributed by atoms with E-state index >= 15 is 0 Å². The van der Waals surface area contributed by atoms with Crippen molar-refractivity contribution >= 4 is 5.91 Å². The zero-order valence-corrected chi connectivity index (χ0v) is 16.1. The fraction of sp³-hybridized carbons (Fsp3) is 0.409. The van der Waals surface area contributed by atoms with Gasteiger partial charge in [0, 0.05) is 12.1 Å². The molecule has 1 aliphatic heterocycles. The molecule has 5 heteroatoms. The molecule has 1 atom stereocenters. The van der Waals surface area contributed by atoms with Crippen molar-refractivity contribution in [1.29, 1.82) is 0 Å². The summed E-state index contributed by atoms with van der Waals surface area (Å²) in [5, 5.41) is 3.11. The van der Waals surface area contributed by atoms with Crippen LogP contribution >= 0.6 is 0 Å². The Bertz CT molecular complexity index is 739. The van der Waals surface area contributed by atoms with E-state index in [-0.39, 0.29) is 11.9 Å². The minimum Gasteiger partial charge on any atom is -0.497 e. The van der Waals surface area contributed by atoms with E-state index in [9.17, 15) is 4.79 Å². The number of nitrogens with zero attached hydrogens (tertiary/aromatic N) is 1. The second-order valence-electron chi connectivity index (χ2n) is 6.83. The normalized spacial score (nSPS) is 15.8. The van der Waals surface area contributed by atoms with Crippen LogP contribution in [0.5, 0.6) is 11.5 Å². The number of carbonyl (C=O) groups excluding carboxylic acids is 1. The van der Waals surface area contributed by atoms with Crippen LogP contribution in [0.1, 0.15) is 41.2 Å². The zero-order valence-electron chi connectivity index (χ0n) is 16.1. The first-order valence-corrected chi connectivity index (χ1v) is 9.51. The maximum atomic E-state index is 12.6. The number of benzene rings is 2. The number of carbonyl (C=O) groups is 1. The number of amides is 1. The number of rotatable bonds is 7. The standard InChI is InChI=1S/C22H28N2O3/c1-26-19-11-9-17(10-12-19)22(25)23-16-21(24-13-4-3-5-14-24)18-7-6-8-20(15-18)27-2/h6-12,15,21H,3-5,13-14,16H2,1-2H3,(H,23,25). The number of hydrogen-bond acceptors (Lipinski definition) is 4. The van der Waals surface area contributed by atoms with Gasteiger partial charge in [-0.25, -0.2) is 0 Å². The minimum absolute atomic E-state index is 0.0671. The third-order valence-corrected chi connectivity index (χ3v) is 5.12. The lowest BCUT2D eigenvalue weighted by Gasteiger charge is -2.35. The average molecular weight is 368 g/mol. The van der Waals surface area contributed by atoms with Gasteiger partial charge in [-0.3, -0.25) is 9.69 Å². The number of nitrogens with one attached hydrogen (secondary N) is 1. The predicted molar refractivity (Wildman–Crippen MR) is 106 cm³/mol. The van der Waals surface area contributed by atoms with Gasteiger partial charge in [-0.1, -0.05) is 18.6 Å². The first kappa shape index (κ1) is 19.2. The molecule has 0 bridgehead atoms. The maximum Gasteiger partial charge on any atom is 0.251 e. The van der Waals surface area contributed by atoms with E-state index in [1.165, 1.54) is 24.8 Å². The van der Waals surface area contributed by atoms with Gasteiger partial charge in [0.25, 0.3) is 5.91 Å². The number of hydrogen-bond donors (Lipinski definition) is 1. The van der Waals surface area contributed by atoms with Gasteiger partial charge in [-0.05, 0) is 67.9 Å². The highest BCUT2D eigenvalue weighted by molar-refractivity contribution is 5.94. The van der Waals surface area contributed by atoms with Crippen molar-refractivity contribution in [3.63, 3.8) is 0 Å². The molecule has 0 spiro atoms. The Kier molecular flexibility index (Phi) is 6.71. The average Bonchev–Trinajstić information content (AvgIpc) is 2.74. The zero-order chi connectivity index (χ0) is 19.1. The molecule has 27 heavy (non-hydrogen) atoms. The number of methoxy groups -OCH3 is 2. The molecule has 1 aliphatic rings. The van der Waals surface area contributed by atoms with Gasteiger partial charge in [-0.15, -0.1) is 0 Å². The Morgan fingerprint density at radius 3 is 2.37 bits per heavy atom. The lowest BCUT2D eigenvalue weighted by molar-refractivity contribution is 0.0924. The van der Waals surface area contributed by atoms with Gasteiger partial charge in [0.1, 0.15) is 11.5 Å². The molecule has 2 aromatic rings. The summed E-state index contributed by atoms with van der Waals surface area (Å²) >= 11 is 0. The van der Waals surface area contributed by atoms with E-state index in [2.05, 4.69) is 22.3 Å². The summed E-state index contributed by atoms with van der Waals surface area (Å²) in [5.41, 5.74) is 1.81. The topological polar surface area (TPSA) is 50.8 Å². The molecule has 2 aromatic carbocycles. The Balaban J connectivity index is 1.73. The van der Waals surface area contributed by atoms with Gasteiger partial charge in [0.05, 0.1) is 20.3 Å². The molecule has 5 nitrogen and oxygen atoms in total. The Morgan fingerprint density at radius 1 is 1.00 bits per heavy atom. The molecule has 0 aliphatic carbocycles. The van der Waals surface area contributed by atoms with Gasteiger partial charge < -0.3 is 14.8 Å². The predicted octanol–water partition coefficient (Wildman–Crippen LogP) is 3.66. The lowest BCUT2D eigenvalue weighted by atomic mass is 10.0. The van der Waals surface area contributed by atoms with Crippen molar-refractivity contribution in [1.82, 2.24) is 10.2 Å². The molecule has 1 N–H and O–H groups in total. The van der Waals surface area contributed by atoms with Gasteiger partial charge in [-0.2, -0.15) is 0 Å². The van der Waals surface area contributed by atoms with Crippen LogP contribution in [0.2, 0.25) is 0 Å². The third kappa shape index (κ3) is 5.01. The Hall–Kier alpha value is -2.53. The summed E-state index contributed by atoms with van der Waals surface area (Å²) in [6, 6.07) is 15.5. The highest BCUT2D eigenvalue weighted by Crippen LogP contribution is 2.27. The van der Waals surface area contributed by atoms with Crippen LogP contribution < -0.4 is 14.8 Å². The quantitative estimate of drug-likeness (QED) is 0.810. The highest BCUT2D eigenvalue weighted by atomic mass is 16.5. The minimum atomic E-state index is -0.0671. The van der Waals surface area contributed by atoms with Crippen LogP contribution in [0.4, 0.5) is 0 Å². The molecule has 0 aromatic heterocycles. The number of ether oxygens (including phenoxy) is 2. The molecular formula is C22H28N2O3. The van der Waals surface area contributed by atoms with Gasteiger partial charge >= 0.3 is 0 Å². The molecule has 144 valence electrons. The molecule has 1 saturated heterocycles. The Labute approximate surface area is 161 Å². The fourth-order valence-corrected chi connectivity index (χ4v) is 3.57. The van der Waals surface area contributed by atoms with Crippen LogP contribution in [-0.2, 0) is 0 Å². The fourth-order valence-electron chi connectivity index (χ4n) is 3.57. The smallest absolute Gasteiger partial charge is 0.251 e. The second-order valence-corrected chi connectivity index (χ2v) is 6.83. The summed E-state index contributed by atoms with van der Waals surface area (Å²) in [7, 11) is 3.30. The van der Waals surface area contributed by atoms with Crippen molar-refractivity contribution < 1.29 is 14.3 Å². The van der Waals surface area contributed by atoms with Crippen LogP contribution in [0, 0.1) is 0 Å². The van der Waals surface area contributed by atoms with E-state index in [0.717, 1.165) is 24.6 Å². The monoisotopic (exact) mass is 368 g/mol. The van der Waals surface area contributed by atoms with E-state index in [1.54, 1.807) is 38.5 Å². The Morgan fingerprint density at radius 2 is 1.70 bits per heavy atom. The largest absolute Gasteiger partial charge is 0.497 e. The second kappa shape index (κ2) is 9.42. The number of likely N-dealkylation sites (tertiary alicyclic amines) is 1. The molecule has 1 fully saturated rings. The number of piperidine rings is 1. The van der Waals surface area contributed by atoms with Crippen molar-refractivity contribution in [3.05, 3.63) is 59.7 Å². The van der Waals surface area contributed by atoms with Crippen LogP contribution in [0.25, 0.3) is 0 Å². The molecule has 1 heterocycles. The van der Waals surface area contributed by atoms with E-state index in [4.69, 9.17) is 9.47 Å². The molecule has 0 saturated carbocycles. The van der Waals surface area contributed by atoms with Crippen molar-refractivity contribution in [2.45, 2.75) is 25.3 Å². The first-order valence-electron chi connectivity index (χ1n) is 9.51. The molecule has 3 rings (SSSR count). The molecular weight excluding hydrogens is 340 g/mol. The molecule has 0 radical (unpaired) electrons. The summed E-state index contributed by atoms with van der Waals surface area (Å²) < 4.78 is 10.5. The van der Waals surface area contributed by atoms with Crippen LogP contribution in [0.15, 0.2) is 48.5 Å². The summed E-state index contributed by atoms with van der Waals surface area (Å²) in [4.78, 5) is 15.1. The van der Waals surface area contributed by atoms with Crippen molar-refractivity contribution in [2.24, 2.45) is 0 Å². The van der Waals surface area contributed by atoms with Crippen molar-refractivity contribution in [2.75, 3.05) is 33.9 Å². The van der Waals surface area contributed by atoms with E-state index < -0.39 is 0 Å². The summed E-state index contributed by atoms with van der Waals surface area (Å²) in [5.74, 6) is 1.52. The van der Waals surface area contributed by atoms with Gasteiger partial charge in [0.2, 0.25) is 0 Å². The van der Waals surface area contributed by atoms with Crippen molar-refractivity contribution in [3.8, 4) is 11.5 Å². The highest BCUT2D eigenvalue weighted by Gasteiger charge is 2.23. The van der Waals surface area contributed by atoms with Gasteiger partial charge in [0.15, 0.2) is 0 Å². The van der Waals surface area contributed by atoms with Crippen LogP contribution in [0.3, 0.4) is 0 Å². The summed E-state index contributed by atoms with van der Waals surface area (Å²) in [6.45, 7) is 2.68. The van der Waals surface area contributed by atoms with E-state index in [0.29, 0.717) is 12.1 Å². The van der Waals surface area contributed by atoms with Crippen LogP contribution in [-0.4, -0.2) is 44.7 Å². The maximum absolute atomic E-state index is 12.6. The molecule has 1 amide bonds. The first-order chi connectivity index (χ1) is 13.2. The summed E-state index contributed by atoms with van der Waals surface area (Å²) in [6.07, 6.45) is 3.68.